The van der Waals surface area contributed by atoms with Crippen LogP contribution in [0.4, 0.5) is 5.13 Å². The molecule has 0 spiro atoms. The van der Waals surface area contributed by atoms with Crippen molar-refractivity contribution < 1.29 is 8.95 Å². The number of anilines is 1. The number of hydrogen-bond acceptors (Lipinski definition) is 6. The zero-order valence-corrected chi connectivity index (χ0v) is 13.1. The summed E-state index contributed by atoms with van der Waals surface area (Å²) in [7, 11) is 0.956. The Morgan fingerprint density at radius 1 is 1.53 bits per heavy atom. The van der Waals surface area contributed by atoms with Gasteiger partial charge in [0.15, 0.2) is 5.82 Å². The molecule has 7 heteroatoms. The molecule has 1 aliphatic carbocycles. The molecule has 2 rings (SSSR count). The van der Waals surface area contributed by atoms with Crippen molar-refractivity contribution in [2.45, 2.75) is 50.5 Å². The van der Waals surface area contributed by atoms with Gasteiger partial charge in [-0.25, -0.2) is 4.98 Å². The number of nitrogens with one attached hydrogen (secondary N) is 1. The third kappa shape index (κ3) is 4.22. The van der Waals surface area contributed by atoms with Gasteiger partial charge in [0.25, 0.3) is 0 Å². The second-order valence-corrected chi connectivity index (χ2v) is 7.51. The standard InChI is InChI=1S/C12H21N3O2S2/c1-3-19(16)10-6-4-5-9(7-10)13-12-14-11(8-17-2)15-18-12/h9-10H,3-8H2,1-2H3,(H,13,14,15). The molecule has 0 saturated heterocycles. The first kappa shape index (κ1) is 14.9. The molecule has 0 bridgehead atoms. The quantitative estimate of drug-likeness (QED) is 0.872. The summed E-state index contributed by atoms with van der Waals surface area (Å²) >= 11 is 1.37. The van der Waals surface area contributed by atoms with Gasteiger partial charge in [-0.05, 0) is 19.3 Å². The van der Waals surface area contributed by atoms with Crippen molar-refractivity contribution in [2.24, 2.45) is 0 Å². The highest BCUT2D eigenvalue weighted by Gasteiger charge is 2.26. The third-order valence-corrected chi connectivity index (χ3v) is 5.78. The van der Waals surface area contributed by atoms with Crippen molar-refractivity contribution in [1.82, 2.24) is 9.36 Å². The van der Waals surface area contributed by atoms with Crippen molar-refractivity contribution >= 4 is 27.5 Å². The Bertz CT molecular complexity index is 425. The number of hydrogen-bond donors (Lipinski definition) is 1. The van der Waals surface area contributed by atoms with Crippen molar-refractivity contribution in [3.63, 3.8) is 0 Å². The first-order valence-electron chi connectivity index (χ1n) is 6.68. The van der Waals surface area contributed by atoms with E-state index >= 15 is 0 Å². The van der Waals surface area contributed by atoms with Crippen molar-refractivity contribution in [3.05, 3.63) is 5.82 Å². The van der Waals surface area contributed by atoms with Crippen LogP contribution in [0.1, 0.15) is 38.4 Å². The Morgan fingerprint density at radius 2 is 2.37 bits per heavy atom. The number of methoxy groups -OCH3 is 1. The Morgan fingerprint density at radius 3 is 3.11 bits per heavy atom. The molecule has 1 N–H and O–H groups in total. The maximum atomic E-state index is 11.9. The maximum Gasteiger partial charge on any atom is 0.202 e. The van der Waals surface area contributed by atoms with Crippen LogP contribution in [0.15, 0.2) is 0 Å². The lowest BCUT2D eigenvalue weighted by Gasteiger charge is -2.28. The highest BCUT2D eigenvalue weighted by atomic mass is 32.2. The SMILES string of the molecule is CCS(=O)C1CCCC(Nc2nc(COC)ns2)C1. The number of rotatable bonds is 6. The van der Waals surface area contributed by atoms with Gasteiger partial charge in [0.2, 0.25) is 5.13 Å². The zero-order valence-electron chi connectivity index (χ0n) is 11.4. The first-order valence-corrected chi connectivity index (χ1v) is 8.83. The maximum absolute atomic E-state index is 11.9. The number of ether oxygens (including phenoxy) is 1. The normalized spacial score (nSPS) is 25.2. The van der Waals surface area contributed by atoms with E-state index in [1.54, 1.807) is 7.11 Å². The first-order chi connectivity index (χ1) is 9.22. The molecular weight excluding hydrogens is 282 g/mol. The summed E-state index contributed by atoms with van der Waals surface area (Å²) in [5.74, 6) is 1.48. The van der Waals surface area contributed by atoms with Gasteiger partial charge < -0.3 is 10.1 Å². The summed E-state index contributed by atoms with van der Waals surface area (Å²) in [6.45, 7) is 2.44. The predicted molar refractivity (Wildman–Crippen MR) is 79.0 cm³/mol. The molecule has 0 amide bonds. The molecular formula is C12H21N3O2S2. The average Bonchev–Trinajstić information content (AvgIpc) is 2.86. The molecule has 5 nitrogen and oxygen atoms in total. The lowest BCUT2D eigenvalue weighted by Crippen LogP contribution is -2.32. The largest absolute Gasteiger partial charge is 0.377 e. The van der Waals surface area contributed by atoms with Gasteiger partial charge in [-0.15, -0.1) is 0 Å². The Balaban J connectivity index is 1.89. The van der Waals surface area contributed by atoms with Crippen LogP contribution < -0.4 is 5.32 Å². The predicted octanol–water partition coefficient (Wildman–Crippen LogP) is 2.18. The van der Waals surface area contributed by atoms with E-state index in [9.17, 15) is 4.21 Å². The summed E-state index contributed by atoms with van der Waals surface area (Å²) in [6.07, 6.45) is 4.32. The topological polar surface area (TPSA) is 64.1 Å². The molecule has 1 aromatic rings. The molecule has 1 aliphatic rings. The number of aromatic nitrogens is 2. The summed E-state index contributed by atoms with van der Waals surface area (Å²) in [5, 5.41) is 4.61. The third-order valence-electron chi connectivity index (χ3n) is 3.35. The average molecular weight is 303 g/mol. The molecule has 19 heavy (non-hydrogen) atoms. The van der Waals surface area contributed by atoms with E-state index in [4.69, 9.17) is 4.74 Å². The molecule has 1 aromatic heterocycles. The zero-order chi connectivity index (χ0) is 13.7. The monoisotopic (exact) mass is 303 g/mol. The van der Waals surface area contributed by atoms with Crippen LogP contribution in [0.2, 0.25) is 0 Å². The van der Waals surface area contributed by atoms with E-state index in [-0.39, 0.29) is 0 Å². The van der Waals surface area contributed by atoms with Crippen LogP contribution in [0.25, 0.3) is 0 Å². The smallest absolute Gasteiger partial charge is 0.202 e. The van der Waals surface area contributed by atoms with E-state index in [2.05, 4.69) is 14.7 Å². The van der Waals surface area contributed by atoms with E-state index < -0.39 is 10.8 Å². The van der Waals surface area contributed by atoms with Crippen molar-refractivity contribution in [2.75, 3.05) is 18.2 Å². The summed E-state index contributed by atoms with van der Waals surface area (Å²) in [6, 6.07) is 0.373. The van der Waals surface area contributed by atoms with Gasteiger partial charge in [-0.3, -0.25) is 4.21 Å². The van der Waals surface area contributed by atoms with Crippen molar-refractivity contribution in [1.29, 1.82) is 0 Å². The summed E-state index contributed by atoms with van der Waals surface area (Å²) < 4.78 is 21.1. The van der Waals surface area contributed by atoms with E-state index in [0.717, 1.165) is 42.4 Å². The lowest BCUT2D eigenvalue weighted by atomic mass is 9.95. The Hall–Kier alpha value is -0.530. The molecule has 1 saturated carbocycles. The van der Waals surface area contributed by atoms with Crippen LogP contribution in [0.5, 0.6) is 0 Å². The van der Waals surface area contributed by atoms with Gasteiger partial charge in [0.1, 0.15) is 6.61 Å². The molecule has 1 fully saturated rings. The fourth-order valence-corrected chi connectivity index (χ4v) is 4.42. The van der Waals surface area contributed by atoms with Crippen LogP contribution in [-0.2, 0) is 22.1 Å². The van der Waals surface area contributed by atoms with Gasteiger partial charge in [0.05, 0.1) is 0 Å². The number of nitrogens with zero attached hydrogens (tertiary/aromatic N) is 2. The summed E-state index contributed by atoms with van der Waals surface area (Å²) in [4.78, 5) is 4.38. The second kappa shape index (κ2) is 7.31. The molecule has 108 valence electrons. The molecule has 3 atom stereocenters. The minimum absolute atomic E-state index is 0.336. The molecule has 0 aliphatic heterocycles. The van der Waals surface area contributed by atoms with E-state index in [1.165, 1.54) is 11.5 Å². The summed E-state index contributed by atoms with van der Waals surface area (Å²) in [5.41, 5.74) is 0. The van der Waals surface area contributed by atoms with Gasteiger partial charge >= 0.3 is 0 Å². The minimum atomic E-state index is -0.683. The Labute approximate surface area is 120 Å². The van der Waals surface area contributed by atoms with Crippen LogP contribution in [0, 0.1) is 0 Å². The van der Waals surface area contributed by atoms with E-state index in [0.29, 0.717) is 17.9 Å². The fraction of sp³-hybridized carbons (Fsp3) is 0.833. The highest BCUT2D eigenvalue weighted by Crippen LogP contribution is 2.26. The highest BCUT2D eigenvalue weighted by molar-refractivity contribution is 7.85. The lowest BCUT2D eigenvalue weighted by molar-refractivity contribution is 0.179. The van der Waals surface area contributed by atoms with E-state index in [1.807, 2.05) is 6.92 Å². The van der Waals surface area contributed by atoms with Gasteiger partial charge in [-0.2, -0.15) is 4.37 Å². The molecule has 0 radical (unpaired) electrons. The molecule has 0 aromatic carbocycles. The molecule has 1 heterocycles. The van der Waals surface area contributed by atoms with Gasteiger partial charge in [0, 0.05) is 46.5 Å². The minimum Gasteiger partial charge on any atom is -0.377 e. The van der Waals surface area contributed by atoms with Crippen molar-refractivity contribution in [3.8, 4) is 0 Å². The van der Waals surface area contributed by atoms with Gasteiger partial charge in [-0.1, -0.05) is 13.3 Å². The van der Waals surface area contributed by atoms with Crippen LogP contribution >= 0.6 is 11.5 Å². The van der Waals surface area contributed by atoms with Crippen LogP contribution in [-0.4, -0.2) is 37.7 Å². The molecule has 3 unspecified atom stereocenters. The Kier molecular flexibility index (Phi) is 5.72. The fourth-order valence-electron chi connectivity index (χ4n) is 2.43. The second-order valence-electron chi connectivity index (χ2n) is 4.75. The van der Waals surface area contributed by atoms with Crippen LogP contribution in [0.3, 0.4) is 0 Å².